The van der Waals surface area contributed by atoms with Crippen LogP contribution in [0.15, 0.2) is 249 Å². The molecule has 7 heteroatoms. The lowest BCUT2D eigenvalue weighted by atomic mass is 9.85. The third kappa shape index (κ3) is 10.1. The maximum absolute atomic E-state index is 13.2. The number of carbonyl (C=O) groups excluding carboxylic acids is 1. The zero-order valence-electron chi connectivity index (χ0n) is 38.4. The summed E-state index contributed by atoms with van der Waals surface area (Å²) >= 11 is 0. The molecular formula is C64H45F3N2O2. The highest BCUT2D eigenvalue weighted by Gasteiger charge is 2.34. The fourth-order valence-electron chi connectivity index (χ4n) is 9.20. The third-order valence-corrected chi connectivity index (χ3v) is 12.7. The number of aryl methyl sites for hydroxylation is 1. The fourth-order valence-corrected chi connectivity index (χ4v) is 9.20. The minimum absolute atomic E-state index is 0.142. The highest BCUT2D eigenvalue weighted by atomic mass is 19.4. The van der Waals surface area contributed by atoms with Gasteiger partial charge in [-0.05, 0) is 109 Å². The van der Waals surface area contributed by atoms with E-state index in [1.54, 1.807) is 0 Å². The number of nitrogens with zero attached hydrogens (tertiary/aromatic N) is 2. The molecule has 0 aliphatic rings. The highest BCUT2D eigenvalue weighted by molar-refractivity contribution is 5.98. The SMILES string of the molecule is O=C(/C=C(\O)C(F)(F)F)CCc1ccccc1-c1cc(-c2ccccc2-c2cnc(-c3ccccc3)cc2-c2ccccc2)cc(-c2ccccc2-c2cnc(-c3ccccc3)cc2-c2ccccc2)c1. The van der Waals surface area contributed by atoms with Crippen LogP contribution in [0.3, 0.4) is 0 Å². The minimum atomic E-state index is -5.01. The van der Waals surface area contributed by atoms with Gasteiger partial charge in [0.15, 0.2) is 5.78 Å². The van der Waals surface area contributed by atoms with Gasteiger partial charge < -0.3 is 5.11 Å². The molecule has 0 amide bonds. The number of aliphatic hydroxyl groups excluding tert-OH is 1. The largest absolute Gasteiger partial charge is 0.504 e. The van der Waals surface area contributed by atoms with Gasteiger partial charge in [-0.3, -0.25) is 14.8 Å². The topological polar surface area (TPSA) is 63.1 Å². The Morgan fingerprint density at radius 2 is 0.746 bits per heavy atom. The Labute approximate surface area is 410 Å². The van der Waals surface area contributed by atoms with E-state index in [4.69, 9.17) is 9.97 Å². The molecule has 0 unspecified atom stereocenters. The number of ketones is 1. The Morgan fingerprint density at radius 3 is 1.17 bits per heavy atom. The zero-order valence-corrected chi connectivity index (χ0v) is 38.4. The number of carbonyl (C=O) groups is 1. The van der Waals surface area contributed by atoms with E-state index in [-0.39, 0.29) is 18.9 Å². The molecule has 0 aliphatic heterocycles. The van der Waals surface area contributed by atoms with Crippen LogP contribution in [0.25, 0.3) is 100 Å². The van der Waals surface area contributed by atoms with Gasteiger partial charge in [-0.25, -0.2) is 0 Å². The van der Waals surface area contributed by atoms with Gasteiger partial charge in [-0.1, -0.05) is 194 Å². The second kappa shape index (κ2) is 20.3. The Bertz CT molecular complexity index is 3350. The minimum Gasteiger partial charge on any atom is -0.504 e. The Hall–Kier alpha value is -8.94. The van der Waals surface area contributed by atoms with Crippen LogP contribution >= 0.6 is 0 Å². The third-order valence-electron chi connectivity index (χ3n) is 12.7. The number of halogens is 3. The van der Waals surface area contributed by atoms with Crippen molar-refractivity contribution in [1.82, 2.24) is 9.97 Å². The first-order chi connectivity index (χ1) is 34.7. The Kier molecular flexibility index (Phi) is 13.1. The predicted molar refractivity (Wildman–Crippen MR) is 281 cm³/mol. The Morgan fingerprint density at radius 1 is 0.394 bits per heavy atom. The van der Waals surface area contributed by atoms with Crippen molar-refractivity contribution in [3.05, 3.63) is 254 Å². The van der Waals surface area contributed by atoms with Gasteiger partial charge in [0, 0.05) is 47.1 Å². The number of allylic oxidation sites excluding steroid dienone is 2. The molecule has 0 atom stereocenters. The molecule has 10 rings (SSSR count). The summed E-state index contributed by atoms with van der Waals surface area (Å²) in [6.07, 6.45) is -0.928. The molecular weight excluding hydrogens is 886 g/mol. The number of hydrogen-bond donors (Lipinski definition) is 1. The molecule has 0 saturated heterocycles. The van der Waals surface area contributed by atoms with Gasteiger partial charge >= 0.3 is 6.18 Å². The first-order valence-corrected chi connectivity index (χ1v) is 23.3. The summed E-state index contributed by atoms with van der Waals surface area (Å²) in [5.41, 5.74) is 17.9. The lowest BCUT2D eigenvalue weighted by Gasteiger charge is -2.20. The van der Waals surface area contributed by atoms with Crippen LogP contribution < -0.4 is 0 Å². The normalized spacial score (nSPS) is 11.6. The van der Waals surface area contributed by atoms with Crippen molar-refractivity contribution in [1.29, 1.82) is 0 Å². The number of benzene rings is 8. The number of pyridine rings is 2. The van der Waals surface area contributed by atoms with E-state index < -0.39 is 17.7 Å². The summed E-state index contributed by atoms with van der Waals surface area (Å²) in [6, 6.07) is 75.9. The molecule has 0 saturated carbocycles. The molecule has 0 spiro atoms. The number of rotatable bonds is 13. The molecule has 2 aromatic heterocycles. The van der Waals surface area contributed by atoms with E-state index in [2.05, 4.69) is 103 Å². The van der Waals surface area contributed by atoms with E-state index >= 15 is 0 Å². The standard InChI is InChI=1S/C64H45F3N2O2/c65-64(66,67)63(71)38-51(70)34-33-45-23-13-14-28-52(45)48-35-49(53-29-15-17-31-55(53)59-41-68-61(46-24-9-3-10-25-46)39-57(59)43-19-5-1-6-20-43)37-50(36-48)54-30-16-18-32-56(54)60-42-69-62(47-26-11-4-12-27-47)40-58(60)44-21-7-2-8-22-44/h1-32,35-42,71H,33-34H2/b63-38-. The van der Waals surface area contributed by atoms with Crippen molar-refractivity contribution in [2.75, 3.05) is 0 Å². The summed E-state index contributed by atoms with van der Waals surface area (Å²) in [4.78, 5) is 22.9. The van der Waals surface area contributed by atoms with Gasteiger partial charge in [-0.2, -0.15) is 13.2 Å². The molecule has 4 nitrogen and oxygen atoms in total. The average molecular weight is 931 g/mol. The lowest BCUT2D eigenvalue weighted by Crippen LogP contribution is -2.13. The highest BCUT2D eigenvalue weighted by Crippen LogP contribution is 2.45. The average Bonchev–Trinajstić information content (AvgIpc) is 3.43. The number of aliphatic hydroxyl groups is 1. The van der Waals surface area contributed by atoms with Crippen molar-refractivity contribution >= 4 is 5.78 Å². The van der Waals surface area contributed by atoms with Gasteiger partial charge in [0.1, 0.15) is 0 Å². The second-order valence-electron chi connectivity index (χ2n) is 17.2. The lowest BCUT2D eigenvalue weighted by molar-refractivity contribution is -0.125. The van der Waals surface area contributed by atoms with Gasteiger partial charge in [-0.15, -0.1) is 0 Å². The van der Waals surface area contributed by atoms with Crippen LogP contribution in [-0.2, 0) is 11.2 Å². The zero-order chi connectivity index (χ0) is 48.7. The Balaban J connectivity index is 1.17. The van der Waals surface area contributed by atoms with E-state index in [1.165, 1.54) is 0 Å². The quantitative estimate of drug-likeness (QED) is 0.0924. The van der Waals surface area contributed by atoms with Gasteiger partial charge in [0.05, 0.1) is 11.4 Å². The first-order valence-electron chi connectivity index (χ1n) is 23.3. The maximum atomic E-state index is 13.2. The van der Waals surface area contributed by atoms with Crippen LogP contribution in [0, 0.1) is 0 Å². The van der Waals surface area contributed by atoms with Gasteiger partial charge in [0.25, 0.3) is 0 Å². The molecule has 0 bridgehead atoms. The van der Waals surface area contributed by atoms with Crippen molar-refractivity contribution in [3.8, 4) is 100 Å². The predicted octanol–water partition coefficient (Wildman–Crippen LogP) is 17.0. The van der Waals surface area contributed by atoms with Gasteiger partial charge in [0.2, 0.25) is 5.76 Å². The van der Waals surface area contributed by atoms with E-state index in [0.29, 0.717) is 0 Å². The van der Waals surface area contributed by atoms with E-state index in [1.807, 2.05) is 134 Å². The van der Waals surface area contributed by atoms with Crippen molar-refractivity contribution in [2.45, 2.75) is 19.0 Å². The summed E-state index contributed by atoms with van der Waals surface area (Å²) in [6.45, 7) is 0. The fraction of sp³-hybridized carbons (Fsp3) is 0.0469. The molecule has 1 N–H and O–H groups in total. The van der Waals surface area contributed by atoms with E-state index in [0.717, 1.165) is 106 Å². The maximum Gasteiger partial charge on any atom is 0.448 e. The van der Waals surface area contributed by atoms with Crippen molar-refractivity contribution in [3.63, 3.8) is 0 Å². The van der Waals surface area contributed by atoms with Crippen LogP contribution in [0.1, 0.15) is 12.0 Å². The molecule has 0 fully saturated rings. The first kappa shape index (κ1) is 45.8. The van der Waals surface area contributed by atoms with Crippen LogP contribution in [0.5, 0.6) is 0 Å². The summed E-state index contributed by atoms with van der Waals surface area (Å²) in [7, 11) is 0. The molecule has 71 heavy (non-hydrogen) atoms. The van der Waals surface area contributed by atoms with Crippen LogP contribution in [0.2, 0.25) is 0 Å². The molecule has 0 radical (unpaired) electrons. The molecule has 2 heterocycles. The van der Waals surface area contributed by atoms with Crippen molar-refractivity contribution in [2.24, 2.45) is 0 Å². The smallest absolute Gasteiger partial charge is 0.448 e. The monoisotopic (exact) mass is 930 g/mol. The molecule has 8 aromatic carbocycles. The number of alkyl halides is 3. The summed E-state index contributed by atoms with van der Waals surface area (Å²) in [5.74, 6) is -2.74. The summed E-state index contributed by atoms with van der Waals surface area (Å²) in [5, 5.41) is 9.58. The van der Waals surface area contributed by atoms with Crippen LogP contribution in [0.4, 0.5) is 13.2 Å². The molecule has 344 valence electrons. The number of aromatic nitrogens is 2. The van der Waals surface area contributed by atoms with Crippen molar-refractivity contribution < 1.29 is 23.1 Å². The van der Waals surface area contributed by atoms with E-state index in [9.17, 15) is 23.1 Å². The van der Waals surface area contributed by atoms with Crippen LogP contribution in [-0.4, -0.2) is 27.0 Å². The summed E-state index contributed by atoms with van der Waals surface area (Å²) < 4.78 is 39.6. The molecule has 0 aliphatic carbocycles. The second-order valence-corrected chi connectivity index (χ2v) is 17.2. The molecule has 10 aromatic rings. The number of hydrogen-bond acceptors (Lipinski definition) is 4.